The van der Waals surface area contributed by atoms with Crippen molar-refractivity contribution in [1.29, 1.82) is 0 Å². The maximum Gasteiger partial charge on any atom is 0.223 e. The minimum Gasteiger partial charge on any atom is -0.348 e. The van der Waals surface area contributed by atoms with Gasteiger partial charge < -0.3 is 16.8 Å². The Morgan fingerprint density at radius 2 is 1.95 bits per heavy atom. The summed E-state index contributed by atoms with van der Waals surface area (Å²) in [6.45, 7) is 0.392. The quantitative estimate of drug-likeness (QED) is 0.808. The van der Waals surface area contributed by atoms with Gasteiger partial charge in [-0.3, -0.25) is 4.79 Å². The zero-order valence-electron chi connectivity index (χ0n) is 12.7. The second kappa shape index (κ2) is 6.46. The average Bonchev–Trinajstić information content (AvgIpc) is 2.98. The summed E-state index contributed by atoms with van der Waals surface area (Å²) in [5.74, 6) is 0.112. The number of carbonyl (C=O) groups excluding carboxylic acids is 1. The van der Waals surface area contributed by atoms with Gasteiger partial charge in [0, 0.05) is 18.5 Å². The lowest BCUT2D eigenvalue weighted by atomic mass is 10.0. The molecule has 0 saturated heterocycles. The van der Waals surface area contributed by atoms with E-state index in [9.17, 15) is 4.79 Å². The van der Waals surface area contributed by atoms with Crippen molar-refractivity contribution in [2.75, 3.05) is 6.54 Å². The molecule has 22 heavy (non-hydrogen) atoms. The van der Waals surface area contributed by atoms with Crippen molar-refractivity contribution < 1.29 is 4.79 Å². The highest BCUT2D eigenvalue weighted by molar-refractivity contribution is 5.84. The largest absolute Gasteiger partial charge is 0.348 e. The monoisotopic (exact) mass is 297 g/mol. The summed E-state index contributed by atoms with van der Waals surface area (Å²) in [5, 5.41) is 5.44. The number of rotatable bonds is 4. The second-order valence-corrected chi connectivity index (χ2v) is 6.17. The number of hydrogen-bond acceptors (Lipinski definition) is 3. The molecule has 4 nitrogen and oxygen atoms in total. The summed E-state index contributed by atoms with van der Waals surface area (Å²) in [6.07, 6.45) is 2.59. The Morgan fingerprint density at radius 1 is 1.18 bits per heavy atom. The third-order valence-electron chi connectivity index (χ3n) is 4.57. The summed E-state index contributed by atoms with van der Waals surface area (Å²) in [5.41, 5.74) is 12.8. The molecule has 3 unspecified atom stereocenters. The van der Waals surface area contributed by atoms with Gasteiger partial charge in [0.05, 0.1) is 6.04 Å². The SMILES string of the molecule is NCC(NC(=O)C1CCC(N)C1)c1ccc2ccccc2c1. The fourth-order valence-corrected chi connectivity index (χ4v) is 3.25. The number of benzene rings is 2. The maximum absolute atomic E-state index is 12.4. The zero-order chi connectivity index (χ0) is 15.5. The minimum atomic E-state index is -0.145. The number of nitrogens with one attached hydrogen (secondary N) is 1. The molecule has 2 aromatic rings. The number of carbonyl (C=O) groups is 1. The van der Waals surface area contributed by atoms with Crippen LogP contribution in [0.2, 0.25) is 0 Å². The Balaban J connectivity index is 1.76. The molecule has 1 fully saturated rings. The molecule has 3 atom stereocenters. The van der Waals surface area contributed by atoms with Crippen molar-refractivity contribution in [3.05, 3.63) is 48.0 Å². The molecule has 1 aliphatic rings. The van der Waals surface area contributed by atoms with Gasteiger partial charge in [-0.05, 0) is 41.7 Å². The lowest BCUT2D eigenvalue weighted by Gasteiger charge is -2.20. The predicted octanol–water partition coefficient (Wildman–Crippen LogP) is 2.08. The van der Waals surface area contributed by atoms with E-state index in [2.05, 4.69) is 29.6 Å². The van der Waals surface area contributed by atoms with Gasteiger partial charge in [0.1, 0.15) is 0 Å². The summed E-state index contributed by atoms with van der Waals surface area (Å²) < 4.78 is 0. The van der Waals surface area contributed by atoms with E-state index in [0.717, 1.165) is 30.2 Å². The molecule has 4 heteroatoms. The summed E-state index contributed by atoms with van der Waals surface area (Å²) in [6, 6.07) is 14.4. The molecule has 0 radical (unpaired) electrons. The van der Waals surface area contributed by atoms with Crippen molar-refractivity contribution >= 4 is 16.7 Å². The van der Waals surface area contributed by atoms with E-state index in [1.165, 1.54) is 5.39 Å². The van der Waals surface area contributed by atoms with Gasteiger partial charge in [-0.1, -0.05) is 36.4 Å². The van der Waals surface area contributed by atoms with E-state index in [4.69, 9.17) is 11.5 Å². The molecular formula is C18H23N3O. The third kappa shape index (κ3) is 3.13. The Bertz CT molecular complexity index is 670. The van der Waals surface area contributed by atoms with E-state index in [-0.39, 0.29) is 23.9 Å². The van der Waals surface area contributed by atoms with Crippen molar-refractivity contribution in [2.24, 2.45) is 17.4 Å². The average molecular weight is 297 g/mol. The van der Waals surface area contributed by atoms with Crippen LogP contribution in [0.25, 0.3) is 10.8 Å². The highest BCUT2D eigenvalue weighted by Crippen LogP contribution is 2.26. The molecule has 0 heterocycles. The second-order valence-electron chi connectivity index (χ2n) is 6.17. The van der Waals surface area contributed by atoms with Crippen LogP contribution in [-0.4, -0.2) is 18.5 Å². The highest BCUT2D eigenvalue weighted by Gasteiger charge is 2.29. The highest BCUT2D eigenvalue weighted by atomic mass is 16.1. The van der Waals surface area contributed by atoms with Gasteiger partial charge >= 0.3 is 0 Å². The van der Waals surface area contributed by atoms with Gasteiger partial charge in [-0.15, -0.1) is 0 Å². The molecule has 5 N–H and O–H groups in total. The van der Waals surface area contributed by atoms with Crippen LogP contribution in [0.1, 0.15) is 30.9 Å². The van der Waals surface area contributed by atoms with Crippen LogP contribution in [0, 0.1) is 5.92 Å². The van der Waals surface area contributed by atoms with Crippen LogP contribution in [-0.2, 0) is 4.79 Å². The first-order chi connectivity index (χ1) is 10.7. The normalized spacial score (nSPS) is 22.6. The molecule has 1 saturated carbocycles. The van der Waals surface area contributed by atoms with Crippen molar-refractivity contribution in [2.45, 2.75) is 31.3 Å². The van der Waals surface area contributed by atoms with Gasteiger partial charge in [-0.2, -0.15) is 0 Å². The Morgan fingerprint density at radius 3 is 2.64 bits per heavy atom. The topological polar surface area (TPSA) is 81.1 Å². The smallest absolute Gasteiger partial charge is 0.223 e. The summed E-state index contributed by atoms with van der Waals surface area (Å²) >= 11 is 0. The molecule has 0 aromatic heterocycles. The fourth-order valence-electron chi connectivity index (χ4n) is 3.25. The van der Waals surface area contributed by atoms with Gasteiger partial charge in [0.2, 0.25) is 5.91 Å². The molecule has 3 rings (SSSR count). The summed E-state index contributed by atoms with van der Waals surface area (Å²) in [7, 11) is 0. The molecule has 0 bridgehead atoms. The van der Waals surface area contributed by atoms with Gasteiger partial charge in [0.15, 0.2) is 0 Å². The number of nitrogens with two attached hydrogens (primary N) is 2. The lowest BCUT2D eigenvalue weighted by molar-refractivity contribution is -0.125. The van der Waals surface area contributed by atoms with E-state index < -0.39 is 0 Å². The van der Waals surface area contributed by atoms with Crippen LogP contribution in [0.15, 0.2) is 42.5 Å². The molecule has 1 amide bonds. The lowest BCUT2D eigenvalue weighted by Crippen LogP contribution is -2.37. The zero-order valence-corrected chi connectivity index (χ0v) is 12.7. The molecule has 2 aromatic carbocycles. The molecule has 1 aliphatic carbocycles. The van der Waals surface area contributed by atoms with Crippen LogP contribution >= 0.6 is 0 Å². The van der Waals surface area contributed by atoms with Crippen molar-refractivity contribution in [3.63, 3.8) is 0 Å². The standard InChI is InChI=1S/C18H23N3O/c19-11-17(21-18(22)15-7-8-16(20)10-15)14-6-5-12-3-1-2-4-13(12)9-14/h1-6,9,15-17H,7-8,10-11,19-20H2,(H,21,22). The predicted molar refractivity (Wildman–Crippen MR) is 89.2 cm³/mol. The van der Waals surface area contributed by atoms with Crippen LogP contribution in [0.4, 0.5) is 0 Å². The Labute approximate surface area is 130 Å². The van der Waals surface area contributed by atoms with E-state index >= 15 is 0 Å². The van der Waals surface area contributed by atoms with Crippen LogP contribution in [0.3, 0.4) is 0 Å². The number of fused-ring (bicyclic) bond motifs is 1. The Kier molecular flexibility index (Phi) is 4.41. The first-order valence-corrected chi connectivity index (χ1v) is 7.92. The van der Waals surface area contributed by atoms with Crippen molar-refractivity contribution in [3.8, 4) is 0 Å². The molecule has 116 valence electrons. The molecule has 0 spiro atoms. The Hall–Kier alpha value is -1.91. The van der Waals surface area contributed by atoms with E-state index in [0.29, 0.717) is 6.54 Å². The first-order valence-electron chi connectivity index (χ1n) is 7.92. The number of hydrogen-bond donors (Lipinski definition) is 3. The fraction of sp³-hybridized carbons (Fsp3) is 0.389. The van der Waals surface area contributed by atoms with Gasteiger partial charge in [-0.25, -0.2) is 0 Å². The van der Waals surface area contributed by atoms with Crippen LogP contribution < -0.4 is 16.8 Å². The van der Waals surface area contributed by atoms with Crippen LogP contribution in [0.5, 0.6) is 0 Å². The van der Waals surface area contributed by atoms with Gasteiger partial charge in [0.25, 0.3) is 0 Å². The van der Waals surface area contributed by atoms with E-state index in [1.54, 1.807) is 0 Å². The summed E-state index contributed by atoms with van der Waals surface area (Å²) in [4.78, 5) is 12.4. The molecule has 0 aliphatic heterocycles. The third-order valence-corrected chi connectivity index (χ3v) is 4.57. The maximum atomic E-state index is 12.4. The first kappa shape index (κ1) is 15.0. The van der Waals surface area contributed by atoms with E-state index in [1.807, 2.05) is 18.2 Å². The molecular weight excluding hydrogens is 274 g/mol. The van der Waals surface area contributed by atoms with Crippen molar-refractivity contribution in [1.82, 2.24) is 5.32 Å². The number of amides is 1. The minimum absolute atomic E-state index is 0.0320.